The predicted octanol–water partition coefficient (Wildman–Crippen LogP) is 0.541. The monoisotopic (exact) mass is 479 g/mol. The van der Waals surface area contributed by atoms with Gasteiger partial charge in [0.05, 0.1) is 19.5 Å². The Hall–Kier alpha value is -2.99. The first-order valence-electron chi connectivity index (χ1n) is 11.6. The van der Waals surface area contributed by atoms with Crippen molar-refractivity contribution in [3.05, 3.63) is 16.7 Å². The molecule has 2 aromatic rings. The number of hydrogen-bond donors (Lipinski definition) is 4. The number of fused-ring (bicyclic) bond motifs is 1. The number of ether oxygens (including phenoxy) is 2. The van der Waals surface area contributed by atoms with Crippen molar-refractivity contribution in [2.24, 2.45) is 29.2 Å². The van der Waals surface area contributed by atoms with E-state index in [0.29, 0.717) is 18.6 Å². The Morgan fingerprint density at radius 3 is 2.26 bits per heavy atom. The Morgan fingerprint density at radius 2 is 1.68 bits per heavy atom. The number of aromatic amines is 1. The molecule has 0 radical (unpaired) electrons. The van der Waals surface area contributed by atoms with Gasteiger partial charge < -0.3 is 31.2 Å². The van der Waals surface area contributed by atoms with E-state index in [4.69, 9.17) is 26.7 Å². The van der Waals surface area contributed by atoms with Gasteiger partial charge in [-0.25, -0.2) is 4.98 Å². The number of hydrogen-bond acceptors (Lipinski definition) is 10. The van der Waals surface area contributed by atoms with Crippen LogP contribution in [0, 0.1) is 17.8 Å². The minimum Gasteiger partial charge on any atom is -0.465 e. The van der Waals surface area contributed by atoms with E-state index in [0.717, 1.165) is 12.8 Å². The summed E-state index contributed by atoms with van der Waals surface area (Å²) in [6.07, 6.45) is 3.35. The minimum absolute atomic E-state index is 0.00164. The number of nitrogens with one attached hydrogen (secondary N) is 1. The number of carbonyl (C=O) groups is 2. The summed E-state index contributed by atoms with van der Waals surface area (Å²) in [5.41, 5.74) is 17.6. The molecule has 7 N–H and O–H groups in total. The van der Waals surface area contributed by atoms with Gasteiger partial charge in [0.2, 0.25) is 5.95 Å². The SMILES string of the molecule is CCC(C)[C@H](N)C(=O)OCC[C@@H](COC(=O)[C@@H](N)C(C)CC)Cn1cnc2c(=O)[nH]c(N)nc21. The van der Waals surface area contributed by atoms with E-state index in [1.165, 1.54) is 6.33 Å². The second-order valence-corrected chi connectivity index (χ2v) is 8.80. The molecule has 2 aromatic heterocycles. The third-order valence-electron chi connectivity index (χ3n) is 6.24. The molecule has 0 amide bonds. The summed E-state index contributed by atoms with van der Waals surface area (Å²) in [5.74, 6) is -1.30. The molecule has 12 heteroatoms. The Bertz CT molecular complexity index is 1020. The van der Waals surface area contributed by atoms with Crippen molar-refractivity contribution in [2.75, 3.05) is 18.9 Å². The molecule has 0 bridgehead atoms. The smallest absolute Gasteiger partial charge is 0.323 e. The van der Waals surface area contributed by atoms with Crippen molar-refractivity contribution in [1.29, 1.82) is 0 Å². The highest BCUT2D eigenvalue weighted by Gasteiger charge is 2.24. The first-order chi connectivity index (χ1) is 16.1. The average molecular weight is 480 g/mol. The normalized spacial score (nSPS) is 15.9. The predicted molar refractivity (Wildman–Crippen MR) is 127 cm³/mol. The lowest BCUT2D eigenvalue weighted by Crippen LogP contribution is -2.39. The largest absolute Gasteiger partial charge is 0.465 e. The van der Waals surface area contributed by atoms with Crippen LogP contribution in [-0.4, -0.2) is 56.8 Å². The fourth-order valence-corrected chi connectivity index (χ4v) is 3.30. The number of nitrogen functional groups attached to an aromatic ring is 1. The number of nitrogens with zero attached hydrogens (tertiary/aromatic N) is 3. The number of H-pyrrole nitrogens is 1. The van der Waals surface area contributed by atoms with Crippen LogP contribution in [0.3, 0.4) is 0 Å². The third kappa shape index (κ3) is 7.00. The topological polar surface area (TPSA) is 194 Å². The van der Waals surface area contributed by atoms with Gasteiger partial charge in [0.25, 0.3) is 5.56 Å². The van der Waals surface area contributed by atoms with Gasteiger partial charge >= 0.3 is 11.9 Å². The summed E-state index contributed by atoms with van der Waals surface area (Å²) in [7, 11) is 0. The summed E-state index contributed by atoms with van der Waals surface area (Å²) in [6.45, 7) is 8.10. The highest BCUT2D eigenvalue weighted by molar-refractivity contribution is 5.76. The van der Waals surface area contributed by atoms with E-state index >= 15 is 0 Å². The fraction of sp³-hybridized carbons (Fsp3) is 0.682. The molecule has 0 saturated heterocycles. The van der Waals surface area contributed by atoms with Gasteiger partial charge in [0, 0.05) is 12.5 Å². The molecule has 0 aliphatic carbocycles. The molecule has 12 nitrogen and oxygen atoms in total. The second-order valence-electron chi connectivity index (χ2n) is 8.80. The summed E-state index contributed by atoms with van der Waals surface area (Å²) in [5, 5.41) is 0. The van der Waals surface area contributed by atoms with Crippen LogP contribution in [0.5, 0.6) is 0 Å². The molecule has 2 unspecified atom stereocenters. The maximum Gasteiger partial charge on any atom is 0.323 e. The van der Waals surface area contributed by atoms with Crippen LogP contribution in [-0.2, 0) is 25.6 Å². The molecular formula is C22H37N7O5. The zero-order valence-electron chi connectivity index (χ0n) is 20.3. The van der Waals surface area contributed by atoms with Gasteiger partial charge in [-0.3, -0.25) is 19.4 Å². The number of rotatable bonds is 13. The van der Waals surface area contributed by atoms with Crippen molar-refractivity contribution < 1.29 is 19.1 Å². The summed E-state index contributed by atoms with van der Waals surface area (Å²) in [4.78, 5) is 47.3. The lowest BCUT2D eigenvalue weighted by atomic mass is 10.00. The average Bonchev–Trinajstić information content (AvgIpc) is 3.22. The molecule has 2 heterocycles. The first kappa shape index (κ1) is 27.3. The highest BCUT2D eigenvalue weighted by Crippen LogP contribution is 2.15. The van der Waals surface area contributed by atoms with Gasteiger partial charge in [-0.15, -0.1) is 0 Å². The molecule has 5 atom stereocenters. The van der Waals surface area contributed by atoms with Gasteiger partial charge in [-0.2, -0.15) is 4.98 Å². The van der Waals surface area contributed by atoms with Crippen LogP contribution in [0.25, 0.3) is 11.2 Å². The summed E-state index contributed by atoms with van der Waals surface area (Å²) >= 11 is 0. The molecule has 0 fully saturated rings. The van der Waals surface area contributed by atoms with Crippen molar-refractivity contribution in [2.45, 2.75) is 65.6 Å². The molecule has 190 valence electrons. The standard InChI is InChI=1S/C22H37N7O5/c1-5-12(3)15(23)20(31)33-8-7-14(10-34-21(32)16(24)13(4)6-2)9-29-11-26-17-18(29)27-22(25)28-19(17)30/h11-16H,5-10,23-24H2,1-4H3,(H3,25,27,28,30)/t12?,13?,14-,15+,16+/m1/s1. The zero-order valence-corrected chi connectivity index (χ0v) is 20.3. The first-order valence-corrected chi connectivity index (χ1v) is 11.6. The maximum atomic E-state index is 12.4. The minimum atomic E-state index is -0.730. The molecule has 0 aliphatic heterocycles. The van der Waals surface area contributed by atoms with Crippen molar-refractivity contribution in [3.63, 3.8) is 0 Å². The summed E-state index contributed by atoms with van der Waals surface area (Å²) < 4.78 is 12.5. The molecule has 34 heavy (non-hydrogen) atoms. The number of imidazole rings is 1. The zero-order chi connectivity index (χ0) is 25.4. The van der Waals surface area contributed by atoms with E-state index in [1.807, 2.05) is 27.7 Å². The molecule has 0 spiro atoms. The molecule has 0 saturated carbocycles. The Balaban J connectivity index is 2.11. The number of aromatic nitrogens is 4. The van der Waals surface area contributed by atoms with E-state index < -0.39 is 29.6 Å². The van der Waals surface area contributed by atoms with Crippen LogP contribution < -0.4 is 22.8 Å². The van der Waals surface area contributed by atoms with Gasteiger partial charge in [-0.1, -0.05) is 40.5 Å². The number of nitrogens with two attached hydrogens (primary N) is 3. The Kier molecular flexibility index (Phi) is 9.99. The van der Waals surface area contributed by atoms with E-state index in [9.17, 15) is 14.4 Å². The molecular weight excluding hydrogens is 442 g/mol. The van der Waals surface area contributed by atoms with Gasteiger partial charge in [0.15, 0.2) is 11.2 Å². The van der Waals surface area contributed by atoms with E-state index in [1.54, 1.807) is 4.57 Å². The highest BCUT2D eigenvalue weighted by atomic mass is 16.5. The quantitative estimate of drug-likeness (QED) is 0.294. The van der Waals surface area contributed by atoms with Crippen LogP contribution in [0.1, 0.15) is 47.0 Å². The lowest BCUT2D eigenvalue weighted by Gasteiger charge is -2.22. The molecule has 2 rings (SSSR count). The second kappa shape index (κ2) is 12.5. The van der Waals surface area contributed by atoms with Crippen molar-refractivity contribution >= 4 is 29.1 Å². The Morgan fingerprint density at radius 1 is 1.09 bits per heavy atom. The van der Waals surface area contributed by atoms with Gasteiger partial charge in [-0.05, 0) is 18.3 Å². The van der Waals surface area contributed by atoms with Crippen LogP contribution in [0.15, 0.2) is 11.1 Å². The van der Waals surface area contributed by atoms with Crippen LogP contribution in [0.4, 0.5) is 5.95 Å². The summed E-state index contributed by atoms with van der Waals surface area (Å²) in [6, 6.07) is -1.43. The number of esters is 2. The van der Waals surface area contributed by atoms with Gasteiger partial charge in [0.1, 0.15) is 12.1 Å². The van der Waals surface area contributed by atoms with Crippen LogP contribution in [0.2, 0.25) is 0 Å². The van der Waals surface area contributed by atoms with E-state index in [2.05, 4.69) is 15.0 Å². The number of carbonyl (C=O) groups excluding carboxylic acids is 2. The number of anilines is 1. The van der Waals surface area contributed by atoms with E-state index in [-0.39, 0.29) is 42.4 Å². The Labute approximate surface area is 198 Å². The molecule has 0 aliphatic rings. The molecule has 0 aromatic carbocycles. The van der Waals surface area contributed by atoms with Crippen molar-refractivity contribution in [1.82, 2.24) is 19.5 Å². The third-order valence-corrected chi connectivity index (χ3v) is 6.24. The van der Waals surface area contributed by atoms with Crippen LogP contribution >= 0.6 is 0 Å². The van der Waals surface area contributed by atoms with Crippen molar-refractivity contribution in [3.8, 4) is 0 Å². The fourth-order valence-electron chi connectivity index (χ4n) is 3.30. The lowest BCUT2D eigenvalue weighted by molar-refractivity contribution is -0.150. The maximum absolute atomic E-state index is 12.4.